The molecule has 15 heavy (non-hydrogen) atoms. The molecule has 0 aromatic carbocycles. The van der Waals surface area contributed by atoms with Gasteiger partial charge in [0.15, 0.2) is 0 Å². The predicted octanol–water partition coefficient (Wildman–Crippen LogP) is 0.961. The SMILES string of the molecule is CC(C)N(CCO)C(=O)NCC(F)(F)F. The zero-order valence-corrected chi connectivity index (χ0v) is 8.64. The number of amides is 2. The van der Waals surface area contributed by atoms with Crippen LogP contribution >= 0.6 is 0 Å². The summed E-state index contributed by atoms with van der Waals surface area (Å²) < 4.78 is 35.4. The molecule has 0 unspecified atom stereocenters. The minimum Gasteiger partial charge on any atom is -0.395 e. The summed E-state index contributed by atoms with van der Waals surface area (Å²) in [6, 6.07) is -1.08. The van der Waals surface area contributed by atoms with Gasteiger partial charge in [0.2, 0.25) is 0 Å². The summed E-state index contributed by atoms with van der Waals surface area (Å²) in [5, 5.41) is 10.4. The van der Waals surface area contributed by atoms with Gasteiger partial charge in [0.25, 0.3) is 0 Å². The van der Waals surface area contributed by atoms with Crippen LogP contribution in [0.3, 0.4) is 0 Å². The second-order valence-electron chi connectivity index (χ2n) is 3.28. The highest BCUT2D eigenvalue weighted by Crippen LogP contribution is 2.12. The molecule has 90 valence electrons. The average molecular weight is 228 g/mol. The molecule has 0 rings (SSSR count). The Hall–Kier alpha value is -0.980. The summed E-state index contributed by atoms with van der Waals surface area (Å²) in [5.41, 5.74) is 0. The van der Waals surface area contributed by atoms with Gasteiger partial charge in [-0.15, -0.1) is 0 Å². The molecular weight excluding hydrogens is 213 g/mol. The maximum absolute atomic E-state index is 11.8. The van der Waals surface area contributed by atoms with Crippen molar-refractivity contribution in [2.75, 3.05) is 19.7 Å². The van der Waals surface area contributed by atoms with Crippen molar-refractivity contribution in [3.05, 3.63) is 0 Å². The van der Waals surface area contributed by atoms with Crippen molar-refractivity contribution in [2.45, 2.75) is 26.1 Å². The fraction of sp³-hybridized carbons (Fsp3) is 0.875. The topological polar surface area (TPSA) is 52.6 Å². The predicted molar refractivity (Wildman–Crippen MR) is 48.4 cm³/mol. The van der Waals surface area contributed by atoms with Gasteiger partial charge in [0, 0.05) is 12.6 Å². The molecule has 2 N–H and O–H groups in total. The van der Waals surface area contributed by atoms with Crippen molar-refractivity contribution in [2.24, 2.45) is 0 Å². The van der Waals surface area contributed by atoms with Crippen molar-refractivity contribution in [1.29, 1.82) is 0 Å². The largest absolute Gasteiger partial charge is 0.405 e. The summed E-state index contributed by atoms with van der Waals surface area (Å²) in [5.74, 6) is 0. The fourth-order valence-electron chi connectivity index (χ4n) is 0.979. The number of halogens is 3. The number of hydrogen-bond donors (Lipinski definition) is 2. The highest BCUT2D eigenvalue weighted by atomic mass is 19.4. The second kappa shape index (κ2) is 5.79. The Labute approximate surface area is 86.1 Å². The summed E-state index contributed by atoms with van der Waals surface area (Å²) >= 11 is 0. The summed E-state index contributed by atoms with van der Waals surface area (Å²) in [4.78, 5) is 12.4. The van der Waals surface area contributed by atoms with Crippen LogP contribution in [0.1, 0.15) is 13.8 Å². The van der Waals surface area contributed by atoms with Crippen LogP contribution in [0.15, 0.2) is 0 Å². The summed E-state index contributed by atoms with van der Waals surface area (Å²) in [7, 11) is 0. The van der Waals surface area contributed by atoms with Crippen LogP contribution in [0.5, 0.6) is 0 Å². The average Bonchev–Trinajstić information content (AvgIpc) is 2.08. The molecule has 0 fully saturated rings. The molecule has 0 saturated heterocycles. The van der Waals surface area contributed by atoms with Gasteiger partial charge < -0.3 is 15.3 Å². The van der Waals surface area contributed by atoms with E-state index in [2.05, 4.69) is 0 Å². The van der Waals surface area contributed by atoms with Crippen LogP contribution in [-0.4, -0.2) is 48.0 Å². The lowest BCUT2D eigenvalue weighted by atomic mass is 10.3. The Balaban J connectivity index is 4.15. The minimum atomic E-state index is -4.42. The highest BCUT2D eigenvalue weighted by Gasteiger charge is 2.29. The van der Waals surface area contributed by atoms with E-state index < -0.39 is 18.8 Å². The molecule has 0 radical (unpaired) electrons. The van der Waals surface area contributed by atoms with Crippen molar-refractivity contribution >= 4 is 6.03 Å². The minimum absolute atomic E-state index is 0.0152. The molecule has 0 aliphatic rings. The Bertz CT molecular complexity index is 207. The van der Waals surface area contributed by atoms with Gasteiger partial charge >= 0.3 is 12.2 Å². The van der Waals surface area contributed by atoms with Gasteiger partial charge in [0.1, 0.15) is 6.54 Å². The second-order valence-corrected chi connectivity index (χ2v) is 3.28. The van der Waals surface area contributed by atoms with Crippen molar-refractivity contribution < 1.29 is 23.1 Å². The van der Waals surface area contributed by atoms with Gasteiger partial charge in [-0.25, -0.2) is 4.79 Å². The quantitative estimate of drug-likeness (QED) is 0.753. The first kappa shape index (κ1) is 14.0. The standard InChI is InChI=1S/C8H15F3N2O2/c1-6(2)13(3-4-14)7(15)12-5-8(9,10)11/h6,14H,3-5H2,1-2H3,(H,12,15). The first-order valence-corrected chi connectivity index (χ1v) is 4.50. The van der Waals surface area contributed by atoms with Crippen LogP contribution < -0.4 is 5.32 Å². The Morgan fingerprint density at radius 1 is 1.47 bits per heavy atom. The van der Waals surface area contributed by atoms with E-state index in [1.54, 1.807) is 19.2 Å². The summed E-state index contributed by atoms with van der Waals surface area (Å²) in [6.07, 6.45) is -4.42. The Morgan fingerprint density at radius 3 is 2.33 bits per heavy atom. The molecule has 0 aromatic heterocycles. The number of urea groups is 1. The zero-order chi connectivity index (χ0) is 12.1. The molecule has 0 aliphatic carbocycles. The number of nitrogens with one attached hydrogen (secondary N) is 1. The van der Waals surface area contributed by atoms with Gasteiger partial charge in [-0.1, -0.05) is 0 Å². The fourth-order valence-corrected chi connectivity index (χ4v) is 0.979. The van der Waals surface area contributed by atoms with E-state index in [0.29, 0.717) is 0 Å². The molecule has 0 bridgehead atoms. The molecule has 4 nitrogen and oxygen atoms in total. The third-order valence-electron chi connectivity index (χ3n) is 1.67. The Morgan fingerprint density at radius 2 is 2.00 bits per heavy atom. The molecule has 0 aromatic rings. The van der Waals surface area contributed by atoms with Crippen LogP contribution in [0.25, 0.3) is 0 Å². The third kappa shape index (κ3) is 6.16. The lowest BCUT2D eigenvalue weighted by Crippen LogP contribution is -2.47. The van der Waals surface area contributed by atoms with Gasteiger partial charge in [-0.2, -0.15) is 13.2 Å². The van der Waals surface area contributed by atoms with Gasteiger partial charge in [0.05, 0.1) is 6.61 Å². The molecule has 7 heteroatoms. The van der Waals surface area contributed by atoms with Crippen molar-refractivity contribution in [1.82, 2.24) is 10.2 Å². The summed E-state index contributed by atoms with van der Waals surface area (Å²) in [6.45, 7) is 1.69. The zero-order valence-electron chi connectivity index (χ0n) is 8.64. The van der Waals surface area contributed by atoms with E-state index in [-0.39, 0.29) is 19.2 Å². The molecule has 0 atom stereocenters. The molecule has 0 spiro atoms. The van der Waals surface area contributed by atoms with E-state index in [1.165, 1.54) is 0 Å². The lowest BCUT2D eigenvalue weighted by molar-refractivity contribution is -0.123. The molecule has 0 aliphatic heterocycles. The number of hydrogen-bond acceptors (Lipinski definition) is 2. The number of nitrogens with zero attached hydrogens (tertiary/aromatic N) is 1. The smallest absolute Gasteiger partial charge is 0.395 e. The van der Waals surface area contributed by atoms with E-state index >= 15 is 0 Å². The number of carbonyl (C=O) groups is 1. The van der Waals surface area contributed by atoms with Crippen LogP contribution in [0.2, 0.25) is 0 Å². The van der Waals surface area contributed by atoms with Crippen LogP contribution in [0.4, 0.5) is 18.0 Å². The van der Waals surface area contributed by atoms with Crippen LogP contribution in [0, 0.1) is 0 Å². The monoisotopic (exact) mass is 228 g/mol. The highest BCUT2D eigenvalue weighted by molar-refractivity contribution is 5.74. The maximum atomic E-state index is 11.8. The molecular formula is C8H15F3N2O2. The van der Waals surface area contributed by atoms with Crippen LogP contribution in [-0.2, 0) is 0 Å². The molecule has 2 amide bonds. The first-order valence-electron chi connectivity index (χ1n) is 4.50. The van der Waals surface area contributed by atoms with Gasteiger partial charge in [-0.05, 0) is 13.8 Å². The number of aliphatic hydroxyl groups is 1. The molecule has 0 saturated carbocycles. The molecule has 0 heterocycles. The van der Waals surface area contributed by atoms with Crippen molar-refractivity contribution in [3.8, 4) is 0 Å². The Kier molecular flexibility index (Phi) is 5.41. The third-order valence-corrected chi connectivity index (χ3v) is 1.67. The number of carbonyl (C=O) groups excluding carboxylic acids is 1. The maximum Gasteiger partial charge on any atom is 0.405 e. The lowest BCUT2D eigenvalue weighted by Gasteiger charge is -2.26. The van der Waals surface area contributed by atoms with Crippen molar-refractivity contribution in [3.63, 3.8) is 0 Å². The number of aliphatic hydroxyl groups excluding tert-OH is 1. The van der Waals surface area contributed by atoms with Gasteiger partial charge in [-0.3, -0.25) is 0 Å². The number of alkyl halides is 3. The van der Waals surface area contributed by atoms with E-state index in [0.717, 1.165) is 4.90 Å². The van der Waals surface area contributed by atoms with E-state index in [1.807, 2.05) is 0 Å². The number of rotatable bonds is 4. The first-order chi connectivity index (χ1) is 6.78. The normalized spacial score (nSPS) is 11.7. The van der Waals surface area contributed by atoms with E-state index in [4.69, 9.17) is 5.11 Å². The van der Waals surface area contributed by atoms with E-state index in [9.17, 15) is 18.0 Å².